The Morgan fingerprint density at radius 1 is 1.11 bits per heavy atom. The molecule has 1 aromatic heterocycles. The Balaban J connectivity index is 1.63. The van der Waals surface area contributed by atoms with Crippen LogP contribution in [0.15, 0.2) is 46.3 Å². The zero-order chi connectivity index (χ0) is 13.5. The van der Waals surface area contributed by atoms with Gasteiger partial charge in [-0.1, -0.05) is 18.2 Å². The molecule has 2 rings (SSSR count). The van der Waals surface area contributed by atoms with Crippen LogP contribution in [0.5, 0.6) is 5.75 Å². The summed E-state index contributed by atoms with van der Waals surface area (Å²) in [5.41, 5.74) is 0. The summed E-state index contributed by atoms with van der Waals surface area (Å²) in [7, 11) is 0. The minimum absolute atomic E-state index is 0.00425. The second kappa shape index (κ2) is 7.43. The van der Waals surface area contributed by atoms with Crippen LogP contribution in [0.25, 0.3) is 0 Å². The molecule has 2 aromatic rings. The Hall–Kier alpha value is -1.17. The molecule has 0 aliphatic carbocycles. The van der Waals surface area contributed by atoms with Crippen molar-refractivity contribution < 1.29 is 14.3 Å². The van der Waals surface area contributed by atoms with Crippen LogP contribution in [-0.2, 0) is 4.74 Å². The van der Waals surface area contributed by atoms with Crippen molar-refractivity contribution in [3.8, 4) is 5.75 Å². The van der Waals surface area contributed by atoms with Crippen molar-refractivity contribution in [2.24, 2.45) is 0 Å². The van der Waals surface area contributed by atoms with E-state index in [-0.39, 0.29) is 12.4 Å². The number of rotatable bonds is 7. The molecule has 0 bridgehead atoms. The summed E-state index contributed by atoms with van der Waals surface area (Å²) >= 11 is 4.74. The third-order valence-electron chi connectivity index (χ3n) is 2.32. The molecule has 0 N–H and O–H groups in total. The molecule has 0 radical (unpaired) electrons. The first kappa shape index (κ1) is 14.2. The summed E-state index contributed by atoms with van der Waals surface area (Å²) in [5, 5.41) is 0. The number of Topliss-reactive ketones (excluding diaryl/α,β-unsaturated/α-hetero) is 1. The maximum atomic E-state index is 11.7. The number of thiophene rings is 1. The molecular formula is C14H13BrO3S. The zero-order valence-electron chi connectivity index (χ0n) is 10.2. The molecule has 1 aromatic carbocycles. The molecule has 5 heteroatoms. The van der Waals surface area contributed by atoms with E-state index in [0.29, 0.717) is 18.1 Å². The van der Waals surface area contributed by atoms with E-state index in [2.05, 4.69) is 15.9 Å². The first-order valence-electron chi connectivity index (χ1n) is 5.80. The molecule has 3 nitrogen and oxygen atoms in total. The molecule has 0 aliphatic heterocycles. The summed E-state index contributed by atoms with van der Waals surface area (Å²) in [6.07, 6.45) is 0. The number of ketones is 1. The molecular weight excluding hydrogens is 328 g/mol. The van der Waals surface area contributed by atoms with Crippen molar-refractivity contribution >= 4 is 33.0 Å². The van der Waals surface area contributed by atoms with Gasteiger partial charge < -0.3 is 9.47 Å². The van der Waals surface area contributed by atoms with Gasteiger partial charge in [-0.2, -0.15) is 0 Å². The number of ether oxygens (including phenoxy) is 2. The fourth-order valence-electron chi connectivity index (χ4n) is 1.44. The van der Waals surface area contributed by atoms with Gasteiger partial charge >= 0.3 is 0 Å². The lowest BCUT2D eigenvalue weighted by molar-refractivity contribution is 0.0692. The minimum Gasteiger partial charge on any atom is -0.491 e. The molecule has 0 amide bonds. The predicted molar refractivity (Wildman–Crippen MR) is 79.1 cm³/mol. The molecule has 19 heavy (non-hydrogen) atoms. The van der Waals surface area contributed by atoms with Gasteiger partial charge in [0, 0.05) is 0 Å². The van der Waals surface area contributed by atoms with Gasteiger partial charge in [0.15, 0.2) is 5.78 Å². The quantitative estimate of drug-likeness (QED) is 0.568. The average molecular weight is 341 g/mol. The van der Waals surface area contributed by atoms with E-state index in [4.69, 9.17) is 9.47 Å². The summed E-state index contributed by atoms with van der Waals surface area (Å²) in [6, 6.07) is 13.2. The molecule has 100 valence electrons. The highest BCUT2D eigenvalue weighted by Gasteiger charge is 2.08. The minimum atomic E-state index is -0.00425. The van der Waals surface area contributed by atoms with E-state index < -0.39 is 0 Å². The Morgan fingerprint density at radius 3 is 2.58 bits per heavy atom. The van der Waals surface area contributed by atoms with Gasteiger partial charge in [-0.15, -0.1) is 11.3 Å². The van der Waals surface area contributed by atoms with Crippen LogP contribution in [0, 0.1) is 0 Å². The normalized spacial score (nSPS) is 10.4. The molecule has 0 unspecified atom stereocenters. The van der Waals surface area contributed by atoms with Gasteiger partial charge in [0.25, 0.3) is 0 Å². The maximum absolute atomic E-state index is 11.7. The fourth-order valence-corrected chi connectivity index (χ4v) is 2.75. The fraction of sp³-hybridized carbons (Fsp3) is 0.214. The number of hydrogen-bond acceptors (Lipinski definition) is 4. The van der Waals surface area contributed by atoms with Crippen LogP contribution in [0.1, 0.15) is 9.67 Å². The molecule has 0 spiro atoms. The topological polar surface area (TPSA) is 35.5 Å². The number of carbonyl (C=O) groups is 1. The van der Waals surface area contributed by atoms with Crippen molar-refractivity contribution in [3.63, 3.8) is 0 Å². The van der Waals surface area contributed by atoms with E-state index in [1.807, 2.05) is 36.4 Å². The van der Waals surface area contributed by atoms with Gasteiger partial charge in [-0.05, 0) is 40.2 Å². The van der Waals surface area contributed by atoms with Crippen LogP contribution < -0.4 is 4.74 Å². The molecule has 1 heterocycles. The Kier molecular flexibility index (Phi) is 5.57. The Labute approximate surface area is 124 Å². The number of hydrogen-bond donors (Lipinski definition) is 0. The molecule has 0 saturated heterocycles. The smallest absolute Gasteiger partial charge is 0.198 e. The van der Waals surface area contributed by atoms with E-state index in [9.17, 15) is 4.79 Å². The highest BCUT2D eigenvalue weighted by molar-refractivity contribution is 9.11. The van der Waals surface area contributed by atoms with Crippen LogP contribution in [0.3, 0.4) is 0 Å². The number of benzene rings is 1. The first-order chi connectivity index (χ1) is 9.25. The SMILES string of the molecule is O=C(COCCOc1ccccc1)c1ccc(Br)s1. The van der Waals surface area contributed by atoms with Crippen molar-refractivity contribution in [2.75, 3.05) is 19.8 Å². The first-order valence-corrected chi connectivity index (χ1v) is 7.41. The number of carbonyl (C=O) groups excluding carboxylic acids is 1. The summed E-state index contributed by atoms with van der Waals surface area (Å²) in [6.45, 7) is 0.920. The third kappa shape index (κ3) is 4.78. The van der Waals surface area contributed by atoms with E-state index in [1.54, 1.807) is 6.07 Å². The van der Waals surface area contributed by atoms with Crippen LogP contribution in [0.4, 0.5) is 0 Å². The van der Waals surface area contributed by atoms with Gasteiger partial charge in [-0.3, -0.25) is 4.79 Å². The maximum Gasteiger partial charge on any atom is 0.198 e. The van der Waals surface area contributed by atoms with Crippen molar-refractivity contribution in [1.29, 1.82) is 0 Å². The van der Waals surface area contributed by atoms with Crippen LogP contribution >= 0.6 is 27.3 Å². The summed E-state index contributed by atoms with van der Waals surface area (Å²) in [4.78, 5) is 12.4. The standard InChI is InChI=1S/C14H13BrO3S/c15-14-7-6-13(19-14)12(16)10-17-8-9-18-11-4-2-1-3-5-11/h1-7H,8-10H2. The molecule has 0 aliphatic rings. The largest absolute Gasteiger partial charge is 0.491 e. The van der Waals surface area contributed by atoms with Crippen LogP contribution in [0.2, 0.25) is 0 Å². The Morgan fingerprint density at radius 2 is 1.89 bits per heavy atom. The molecule has 0 saturated carbocycles. The lowest BCUT2D eigenvalue weighted by atomic mass is 10.3. The second-order valence-corrected chi connectivity index (χ2v) is 6.20. The third-order valence-corrected chi connectivity index (χ3v) is 3.99. The van der Waals surface area contributed by atoms with Crippen LogP contribution in [-0.4, -0.2) is 25.6 Å². The summed E-state index contributed by atoms with van der Waals surface area (Å²) < 4.78 is 11.7. The highest BCUT2D eigenvalue weighted by Crippen LogP contribution is 2.22. The van der Waals surface area contributed by atoms with Gasteiger partial charge in [0.05, 0.1) is 15.3 Å². The highest BCUT2D eigenvalue weighted by atomic mass is 79.9. The lowest BCUT2D eigenvalue weighted by Crippen LogP contribution is -2.12. The van der Waals surface area contributed by atoms with E-state index >= 15 is 0 Å². The number of para-hydroxylation sites is 1. The molecule has 0 atom stereocenters. The van der Waals surface area contributed by atoms with E-state index in [0.717, 1.165) is 9.54 Å². The van der Waals surface area contributed by atoms with E-state index in [1.165, 1.54) is 11.3 Å². The van der Waals surface area contributed by atoms with Crippen molar-refractivity contribution in [1.82, 2.24) is 0 Å². The monoisotopic (exact) mass is 340 g/mol. The lowest BCUT2D eigenvalue weighted by Gasteiger charge is -2.06. The number of halogens is 1. The Bertz CT molecular complexity index is 524. The van der Waals surface area contributed by atoms with Gasteiger partial charge in [0.1, 0.15) is 19.0 Å². The second-order valence-electron chi connectivity index (χ2n) is 3.74. The van der Waals surface area contributed by atoms with Gasteiger partial charge in [0.2, 0.25) is 0 Å². The zero-order valence-corrected chi connectivity index (χ0v) is 12.6. The summed E-state index contributed by atoms with van der Waals surface area (Å²) in [5.74, 6) is 0.801. The van der Waals surface area contributed by atoms with Gasteiger partial charge in [-0.25, -0.2) is 0 Å². The molecule has 0 fully saturated rings. The average Bonchev–Trinajstić information content (AvgIpc) is 2.86. The van der Waals surface area contributed by atoms with Crippen molar-refractivity contribution in [2.45, 2.75) is 0 Å². The predicted octanol–water partition coefficient (Wildman–Crippen LogP) is 3.79. The van der Waals surface area contributed by atoms with Crippen molar-refractivity contribution in [3.05, 3.63) is 51.1 Å².